The maximum Gasteiger partial charge on any atom is 0.134 e. The van der Waals surface area contributed by atoms with Crippen molar-refractivity contribution in [3.63, 3.8) is 0 Å². The first-order valence-corrected chi connectivity index (χ1v) is 5.70. The summed E-state index contributed by atoms with van der Waals surface area (Å²) in [5.41, 5.74) is 7.04. The second-order valence-electron chi connectivity index (χ2n) is 4.26. The fourth-order valence-electron chi connectivity index (χ4n) is 2.24. The Morgan fingerprint density at radius 2 is 2.19 bits per heavy atom. The number of fused-ring (bicyclic) bond motifs is 1. The zero-order valence-electron chi connectivity index (χ0n) is 9.06. The van der Waals surface area contributed by atoms with Gasteiger partial charge in [0, 0.05) is 12.0 Å². The minimum Gasteiger partial charge on any atom is -0.459 e. The van der Waals surface area contributed by atoms with E-state index in [1.54, 1.807) is 0 Å². The molecule has 16 heavy (non-hydrogen) atoms. The summed E-state index contributed by atoms with van der Waals surface area (Å²) < 4.78 is 11.3. The van der Waals surface area contributed by atoms with Gasteiger partial charge in [-0.15, -0.1) is 0 Å². The number of nitrogens with two attached hydrogens (primary N) is 1. The van der Waals surface area contributed by atoms with Crippen molar-refractivity contribution >= 4 is 11.0 Å². The lowest BCUT2D eigenvalue weighted by Crippen LogP contribution is -2.24. The van der Waals surface area contributed by atoms with E-state index in [1.807, 2.05) is 30.3 Å². The zero-order valence-corrected chi connectivity index (χ0v) is 9.06. The molecule has 1 aliphatic heterocycles. The molecule has 2 aromatic rings. The number of ether oxygens (including phenoxy) is 1. The van der Waals surface area contributed by atoms with E-state index in [1.165, 1.54) is 0 Å². The fraction of sp³-hybridized carbons (Fsp3) is 0.385. The van der Waals surface area contributed by atoms with E-state index in [4.69, 9.17) is 14.9 Å². The van der Waals surface area contributed by atoms with Crippen LogP contribution in [0.4, 0.5) is 0 Å². The molecule has 1 fully saturated rings. The Balaban J connectivity index is 1.92. The van der Waals surface area contributed by atoms with Gasteiger partial charge >= 0.3 is 0 Å². The molecule has 84 valence electrons. The van der Waals surface area contributed by atoms with Crippen LogP contribution >= 0.6 is 0 Å². The van der Waals surface area contributed by atoms with Crippen molar-refractivity contribution in [3.05, 3.63) is 36.1 Å². The molecule has 0 spiro atoms. The number of hydrogen-bond acceptors (Lipinski definition) is 3. The molecule has 2 heterocycles. The smallest absolute Gasteiger partial charge is 0.134 e. The SMILES string of the molecule is NC(c1cc2ccccc2o1)C1CCCO1. The third kappa shape index (κ3) is 1.62. The van der Waals surface area contributed by atoms with Gasteiger partial charge < -0.3 is 14.9 Å². The lowest BCUT2D eigenvalue weighted by atomic mass is 10.1. The molecule has 2 N–H and O–H groups in total. The molecule has 1 aliphatic rings. The third-order valence-electron chi connectivity index (χ3n) is 3.14. The second-order valence-corrected chi connectivity index (χ2v) is 4.26. The minimum atomic E-state index is -0.144. The summed E-state index contributed by atoms with van der Waals surface area (Å²) in [6.45, 7) is 0.818. The van der Waals surface area contributed by atoms with Crippen molar-refractivity contribution in [1.82, 2.24) is 0 Å². The average Bonchev–Trinajstić information content (AvgIpc) is 2.97. The highest BCUT2D eigenvalue weighted by Gasteiger charge is 2.26. The van der Waals surface area contributed by atoms with Gasteiger partial charge in [0.25, 0.3) is 0 Å². The molecule has 3 nitrogen and oxygen atoms in total. The molecule has 2 unspecified atom stereocenters. The predicted molar refractivity (Wildman–Crippen MR) is 62.1 cm³/mol. The summed E-state index contributed by atoms with van der Waals surface area (Å²) in [5.74, 6) is 0.827. The van der Waals surface area contributed by atoms with Crippen molar-refractivity contribution < 1.29 is 9.15 Å². The fourth-order valence-corrected chi connectivity index (χ4v) is 2.24. The molecule has 2 atom stereocenters. The van der Waals surface area contributed by atoms with E-state index in [0.717, 1.165) is 36.2 Å². The van der Waals surface area contributed by atoms with E-state index >= 15 is 0 Å². The standard InChI is InChI=1S/C13H15NO2/c14-13(11-6-3-7-15-11)12-8-9-4-1-2-5-10(9)16-12/h1-2,4-5,8,11,13H,3,6-7,14H2. The summed E-state index contributed by atoms with van der Waals surface area (Å²) in [4.78, 5) is 0. The number of benzene rings is 1. The molecule has 0 saturated carbocycles. The summed E-state index contributed by atoms with van der Waals surface area (Å²) in [6.07, 6.45) is 2.23. The first-order chi connectivity index (χ1) is 7.84. The lowest BCUT2D eigenvalue weighted by molar-refractivity contribution is 0.0843. The number of para-hydroxylation sites is 1. The molecule has 3 heteroatoms. The van der Waals surface area contributed by atoms with Crippen LogP contribution in [-0.2, 0) is 4.74 Å². The molecule has 0 radical (unpaired) electrons. The quantitative estimate of drug-likeness (QED) is 0.841. The highest BCUT2D eigenvalue weighted by atomic mass is 16.5. The Labute approximate surface area is 94.2 Å². The molecule has 1 saturated heterocycles. The van der Waals surface area contributed by atoms with E-state index < -0.39 is 0 Å². The van der Waals surface area contributed by atoms with Crippen LogP contribution in [0.5, 0.6) is 0 Å². The minimum absolute atomic E-state index is 0.112. The van der Waals surface area contributed by atoms with Gasteiger partial charge in [-0.05, 0) is 25.0 Å². The second kappa shape index (κ2) is 3.92. The summed E-state index contributed by atoms with van der Waals surface area (Å²) in [5, 5.41) is 1.10. The van der Waals surface area contributed by atoms with Gasteiger partial charge in [-0.25, -0.2) is 0 Å². The number of furan rings is 1. The molecule has 0 aliphatic carbocycles. The molecule has 0 bridgehead atoms. The first kappa shape index (κ1) is 9.87. The van der Waals surface area contributed by atoms with Crippen molar-refractivity contribution in [3.8, 4) is 0 Å². The molecular formula is C13H15NO2. The molecule has 0 amide bonds. The van der Waals surface area contributed by atoms with E-state index in [9.17, 15) is 0 Å². The van der Waals surface area contributed by atoms with Crippen LogP contribution in [0.15, 0.2) is 34.7 Å². The highest BCUT2D eigenvalue weighted by molar-refractivity contribution is 5.77. The Kier molecular flexibility index (Phi) is 2.42. The summed E-state index contributed by atoms with van der Waals surface area (Å²) in [6, 6.07) is 9.83. The first-order valence-electron chi connectivity index (χ1n) is 5.70. The van der Waals surface area contributed by atoms with E-state index in [0.29, 0.717) is 0 Å². The predicted octanol–water partition coefficient (Wildman–Crippen LogP) is 2.61. The van der Waals surface area contributed by atoms with E-state index in [2.05, 4.69) is 0 Å². The van der Waals surface area contributed by atoms with Crippen LogP contribution in [-0.4, -0.2) is 12.7 Å². The largest absolute Gasteiger partial charge is 0.459 e. The van der Waals surface area contributed by atoms with E-state index in [-0.39, 0.29) is 12.1 Å². The Morgan fingerprint density at radius 3 is 2.94 bits per heavy atom. The van der Waals surface area contributed by atoms with Crippen molar-refractivity contribution in [2.24, 2.45) is 5.73 Å². The van der Waals surface area contributed by atoms with Gasteiger partial charge in [0.1, 0.15) is 11.3 Å². The number of rotatable bonds is 2. The topological polar surface area (TPSA) is 48.4 Å². The van der Waals surface area contributed by atoms with Crippen molar-refractivity contribution in [2.75, 3.05) is 6.61 Å². The number of hydrogen-bond donors (Lipinski definition) is 1. The Hall–Kier alpha value is -1.32. The van der Waals surface area contributed by atoms with Crippen LogP contribution in [0.1, 0.15) is 24.6 Å². The van der Waals surface area contributed by atoms with Gasteiger partial charge in [-0.1, -0.05) is 18.2 Å². The van der Waals surface area contributed by atoms with Gasteiger partial charge in [0.15, 0.2) is 0 Å². The Morgan fingerprint density at radius 1 is 1.31 bits per heavy atom. The molecule has 1 aromatic carbocycles. The molecular weight excluding hydrogens is 202 g/mol. The summed E-state index contributed by atoms with van der Waals surface area (Å²) in [7, 11) is 0. The van der Waals surface area contributed by atoms with Gasteiger partial charge in [-0.3, -0.25) is 0 Å². The van der Waals surface area contributed by atoms with Crippen LogP contribution < -0.4 is 5.73 Å². The van der Waals surface area contributed by atoms with Crippen molar-refractivity contribution in [1.29, 1.82) is 0 Å². The van der Waals surface area contributed by atoms with Gasteiger partial charge in [0.2, 0.25) is 0 Å². The maximum atomic E-state index is 6.15. The zero-order chi connectivity index (χ0) is 11.0. The average molecular weight is 217 g/mol. The van der Waals surface area contributed by atoms with Crippen LogP contribution in [0.3, 0.4) is 0 Å². The third-order valence-corrected chi connectivity index (χ3v) is 3.14. The molecule has 1 aromatic heterocycles. The highest BCUT2D eigenvalue weighted by Crippen LogP contribution is 2.29. The lowest BCUT2D eigenvalue weighted by Gasteiger charge is -2.15. The monoisotopic (exact) mass is 217 g/mol. The summed E-state index contributed by atoms with van der Waals surface area (Å²) >= 11 is 0. The van der Waals surface area contributed by atoms with Gasteiger partial charge in [-0.2, -0.15) is 0 Å². The van der Waals surface area contributed by atoms with Crippen LogP contribution in [0.2, 0.25) is 0 Å². The van der Waals surface area contributed by atoms with Crippen LogP contribution in [0.25, 0.3) is 11.0 Å². The molecule has 3 rings (SSSR count). The maximum absolute atomic E-state index is 6.15. The van der Waals surface area contributed by atoms with Crippen LogP contribution in [0, 0.1) is 0 Å². The van der Waals surface area contributed by atoms with Crippen molar-refractivity contribution in [2.45, 2.75) is 25.0 Å². The Bertz CT molecular complexity index is 452. The normalized spacial score (nSPS) is 22.7. The van der Waals surface area contributed by atoms with Gasteiger partial charge in [0.05, 0.1) is 12.1 Å².